The van der Waals surface area contributed by atoms with Gasteiger partial charge in [-0.15, -0.1) is 0 Å². The third-order valence-corrected chi connectivity index (χ3v) is 5.38. The molecule has 2 aromatic carbocycles. The Bertz CT molecular complexity index is 1010. The van der Waals surface area contributed by atoms with Gasteiger partial charge in [0.05, 0.1) is 10.4 Å². The molecule has 1 heterocycles. The van der Waals surface area contributed by atoms with Crippen molar-refractivity contribution >= 4 is 38.4 Å². The van der Waals surface area contributed by atoms with Crippen LogP contribution in [0.5, 0.6) is 0 Å². The summed E-state index contributed by atoms with van der Waals surface area (Å²) in [4.78, 5) is 11.9. The molecule has 7 heteroatoms. The lowest BCUT2D eigenvalue weighted by atomic mass is 10.2. The molecule has 0 spiro atoms. The lowest BCUT2D eigenvalue weighted by Crippen LogP contribution is -2.23. The highest BCUT2D eigenvalue weighted by Crippen LogP contribution is 2.22. The van der Waals surface area contributed by atoms with Crippen LogP contribution in [0.1, 0.15) is 17.3 Å². The maximum Gasteiger partial charge on any atom is 0.240 e. The van der Waals surface area contributed by atoms with Crippen molar-refractivity contribution < 1.29 is 13.2 Å². The van der Waals surface area contributed by atoms with Gasteiger partial charge in [0.25, 0.3) is 0 Å². The van der Waals surface area contributed by atoms with E-state index >= 15 is 0 Å². The molecule has 0 unspecified atom stereocenters. The first-order valence-electron chi connectivity index (χ1n) is 7.23. The second kappa shape index (κ2) is 6.39. The normalized spacial score (nSPS) is 11.8. The highest BCUT2D eigenvalue weighted by molar-refractivity contribution is 7.89. The number of benzene rings is 2. The van der Waals surface area contributed by atoms with E-state index < -0.39 is 10.0 Å². The third-order valence-electron chi connectivity index (χ3n) is 3.71. The predicted octanol–water partition coefficient (Wildman–Crippen LogP) is 3.43. The quantitative estimate of drug-likeness (QED) is 0.773. The van der Waals surface area contributed by atoms with Crippen LogP contribution < -0.4 is 4.72 Å². The molecule has 1 aromatic heterocycles. The molecule has 24 heavy (non-hydrogen) atoms. The van der Waals surface area contributed by atoms with Crippen LogP contribution in [0.3, 0.4) is 0 Å². The summed E-state index contributed by atoms with van der Waals surface area (Å²) in [5.74, 6) is -0.127. The number of aromatic nitrogens is 1. The SMILES string of the molecule is CC(=O)n1cc(CNS(=O)(=O)c2ccc(Cl)cc2)c2ccccc21. The summed E-state index contributed by atoms with van der Waals surface area (Å²) < 4.78 is 28.8. The van der Waals surface area contributed by atoms with E-state index in [2.05, 4.69) is 4.72 Å². The lowest BCUT2D eigenvalue weighted by Gasteiger charge is -2.06. The molecule has 3 rings (SSSR count). The van der Waals surface area contributed by atoms with E-state index in [1.54, 1.807) is 6.20 Å². The van der Waals surface area contributed by atoms with Crippen molar-refractivity contribution in [2.75, 3.05) is 0 Å². The predicted molar refractivity (Wildman–Crippen MR) is 93.7 cm³/mol. The van der Waals surface area contributed by atoms with Crippen molar-refractivity contribution in [2.45, 2.75) is 18.4 Å². The van der Waals surface area contributed by atoms with Crippen LogP contribution in [0.2, 0.25) is 5.02 Å². The molecule has 0 fully saturated rings. The Kier molecular flexibility index (Phi) is 4.45. The second-order valence-corrected chi connectivity index (χ2v) is 7.54. The fourth-order valence-corrected chi connectivity index (χ4v) is 3.65. The smallest absolute Gasteiger partial charge is 0.240 e. The summed E-state index contributed by atoms with van der Waals surface area (Å²) in [7, 11) is -3.66. The Morgan fingerprint density at radius 1 is 1.12 bits per heavy atom. The van der Waals surface area contributed by atoms with Gasteiger partial charge in [0.1, 0.15) is 0 Å². The van der Waals surface area contributed by atoms with Gasteiger partial charge < -0.3 is 0 Å². The number of carbonyl (C=O) groups excluding carboxylic acids is 1. The Labute approximate surface area is 144 Å². The first-order valence-corrected chi connectivity index (χ1v) is 9.10. The number of halogens is 1. The van der Waals surface area contributed by atoms with Crippen molar-refractivity contribution in [1.29, 1.82) is 0 Å². The fourth-order valence-electron chi connectivity index (χ4n) is 2.52. The van der Waals surface area contributed by atoms with Gasteiger partial charge in [-0.05, 0) is 35.9 Å². The molecule has 0 aliphatic rings. The molecule has 0 bridgehead atoms. The molecule has 0 atom stereocenters. The van der Waals surface area contributed by atoms with Crippen LogP contribution in [0.15, 0.2) is 59.6 Å². The maximum atomic E-state index is 12.4. The van der Waals surface area contributed by atoms with E-state index in [4.69, 9.17) is 11.6 Å². The Balaban J connectivity index is 1.91. The molecule has 0 saturated heterocycles. The first kappa shape index (κ1) is 16.7. The minimum atomic E-state index is -3.66. The molecule has 124 valence electrons. The van der Waals surface area contributed by atoms with Gasteiger partial charge in [-0.1, -0.05) is 29.8 Å². The van der Waals surface area contributed by atoms with Crippen LogP contribution in [-0.2, 0) is 16.6 Å². The summed E-state index contributed by atoms with van der Waals surface area (Å²) in [5.41, 5.74) is 1.49. The molecular formula is C17H15ClN2O3S. The number of hydrogen-bond donors (Lipinski definition) is 1. The highest BCUT2D eigenvalue weighted by Gasteiger charge is 2.16. The fraction of sp³-hybridized carbons (Fsp3) is 0.118. The molecule has 0 aliphatic heterocycles. The molecule has 5 nitrogen and oxygen atoms in total. The van der Waals surface area contributed by atoms with Gasteiger partial charge in [-0.3, -0.25) is 9.36 Å². The monoisotopic (exact) mass is 362 g/mol. The van der Waals surface area contributed by atoms with Crippen LogP contribution in [0, 0.1) is 0 Å². The number of para-hydroxylation sites is 1. The Morgan fingerprint density at radius 3 is 2.46 bits per heavy atom. The summed E-state index contributed by atoms with van der Waals surface area (Å²) >= 11 is 5.78. The molecule has 3 aromatic rings. The Morgan fingerprint density at radius 2 is 1.79 bits per heavy atom. The van der Waals surface area contributed by atoms with Gasteiger partial charge in [-0.2, -0.15) is 0 Å². The molecule has 0 amide bonds. The van der Waals surface area contributed by atoms with Gasteiger partial charge in [-0.25, -0.2) is 13.1 Å². The summed E-state index contributed by atoms with van der Waals surface area (Å²) in [6.45, 7) is 1.56. The zero-order chi connectivity index (χ0) is 17.3. The van der Waals surface area contributed by atoms with Crippen LogP contribution in [0.25, 0.3) is 10.9 Å². The number of hydrogen-bond acceptors (Lipinski definition) is 3. The minimum Gasteiger partial charge on any atom is -0.287 e. The van der Waals surface area contributed by atoms with Crippen molar-refractivity contribution in [2.24, 2.45) is 0 Å². The number of nitrogens with one attached hydrogen (secondary N) is 1. The average Bonchev–Trinajstić information content (AvgIpc) is 2.93. The maximum absolute atomic E-state index is 12.4. The first-order chi connectivity index (χ1) is 11.4. The zero-order valence-electron chi connectivity index (χ0n) is 12.9. The van der Waals surface area contributed by atoms with Gasteiger partial charge in [0.2, 0.25) is 15.9 Å². The lowest BCUT2D eigenvalue weighted by molar-refractivity contribution is 0.0941. The van der Waals surface area contributed by atoms with E-state index in [0.717, 1.165) is 16.5 Å². The average molecular weight is 363 g/mol. The standard InChI is InChI=1S/C17H15ClN2O3S/c1-12(21)20-11-13(16-4-2-3-5-17(16)20)10-19-24(22,23)15-8-6-14(18)7-9-15/h2-9,11,19H,10H2,1H3. The van der Waals surface area contributed by atoms with Crippen molar-refractivity contribution in [1.82, 2.24) is 9.29 Å². The molecule has 0 saturated carbocycles. The summed E-state index contributed by atoms with van der Waals surface area (Å²) in [6, 6.07) is 13.3. The van der Waals surface area contributed by atoms with Gasteiger partial charge >= 0.3 is 0 Å². The van der Waals surface area contributed by atoms with Crippen molar-refractivity contribution in [3.63, 3.8) is 0 Å². The molecule has 1 N–H and O–H groups in total. The number of nitrogens with zero attached hydrogens (tertiary/aromatic N) is 1. The van der Waals surface area contributed by atoms with E-state index in [1.165, 1.54) is 35.8 Å². The number of rotatable bonds is 4. The minimum absolute atomic E-state index is 0.0890. The largest absolute Gasteiger partial charge is 0.287 e. The number of carbonyl (C=O) groups is 1. The van der Waals surface area contributed by atoms with Crippen molar-refractivity contribution in [3.8, 4) is 0 Å². The van der Waals surface area contributed by atoms with Gasteiger partial charge in [0.15, 0.2) is 0 Å². The molecule has 0 radical (unpaired) electrons. The van der Waals surface area contributed by atoms with Gasteiger partial charge in [0, 0.05) is 30.1 Å². The van der Waals surface area contributed by atoms with E-state index in [1.807, 2.05) is 24.3 Å². The van der Waals surface area contributed by atoms with Crippen LogP contribution in [0.4, 0.5) is 0 Å². The van der Waals surface area contributed by atoms with Crippen molar-refractivity contribution in [3.05, 3.63) is 65.3 Å². The molecule has 0 aliphatic carbocycles. The highest BCUT2D eigenvalue weighted by atomic mass is 35.5. The van der Waals surface area contributed by atoms with E-state index in [0.29, 0.717) is 5.02 Å². The molecular weight excluding hydrogens is 348 g/mol. The zero-order valence-corrected chi connectivity index (χ0v) is 14.4. The van der Waals surface area contributed by atoms with E-state index in [9.17, 15) is 13.2 Å². The number of fused-ring (bicyclic) bond motifs is 1. The van der Waals surface area contributed by atoms with Crippen LogP contribution >= 0.6 is 11.6 Å². The Hall–Kier alpha value is -2.15. The summed E-state index contributed by atoms with van der Waals surface area (Å²) in [6.07, 6.45) is 1.66. The number of sulfonamides is 1. The van der Waals surface area contributed by atoms with E-state index in [-0.39, 0.29) is 17.3 Å². The summed E-state index contributed by atoms with van der Waals surface area (Å²) in [5, 5.41) is 1.31. The topological polar surface area (TPSA) is 68.2 Å². The van der Waals surface area contributed by atoms with Crippen LogP contribution in [-0.4, -0.2) is 18.9 Å². The second-order valence-electron chi connectivity index (χ2n) is 5.34. The third kappa shape index (κ3) is 3.21.